The molecule has 0 aromatic carbocycles. The highest BCUT2D eigenvalue weighted by molar-refractivity contribution is 5.96. The molecular weight excluding hydrogens is 382 g/mol. The normalized spacial score (nSPS) is 16.1. The van der Waals surface area contributed by atoms with Crippen molar-refractivity contribution in [3.05, 3.63) is 0 Å². The molecule has 0 aromatic heterocycles. The number of hydrogen-bond acceptors (Lipinski definition) is 6. The molecule has 4 amide bonds. The van der Waals surface area contributed by atoms with E-state index in [1.807, 2.05) is 0 Å². The zero-order valence-electron chi connectivity index (χ0n) is 17.5. The van der Waals surface area contributed by atoms with Gasteiger partial charge in [0, 0.05) is 0 Å². The van der Waals surface area contributed by atoms with Crippen LogP contribution < -0.4 is 27.4 Å². The van der Waals surface area contributed by atoms with Crippen molar-refractivity contribution in [1.82, 2.24) is 16.0 Å². The van der Waals surface area contributed by atoms with Gasteiger partial charge < -0.3 is 32.5 Å². The summed E-state index contributed by atoms with van der Waals surface area (Å²) in [6.07, 6.45) is -0.0424. The minimum atomic E-state index is -1.39. The van der Waals surface area contributed by atoms with E-state index in [0.717, 1.165) is 0 Å². The van der Waals surface area contributed by atoms with Gasteiger partial charge in [0.15, 0.2) is 0 Å². The van der Waals surface area contributed by atoms with Crippen LogP contribution in [0.3, 0.4) is 0 Å². The molecule has 0 aliphatic rings. The van der Waals surface area contributed by atoms with E-state index < -0.39 is 60.2 Å². The second kappa shape index (κ2) is 12.0. The molecule has 0 aliphatic heterocycles. The second-order valence-corrected chi connectivity index (χ2v) is 7.46. The summed E-state index contributed by atoms with van der Waals surface area (Å²) in [6.45, 7) is 8.23. The molecule has 11 nitrogen and oxygen atoms in total. The molecule has 0 rings (SSSR count). The van der Waals surface area contributed by atoms with Gasteiger partial charge in [0.05, 0.1) is 12.5 Å². The molecule has 0 saturated heterocycles. The third kappa shape index (κ3) is 8.90. The summed E-state index contributed by atoms with van der Waals surface area (Å²) < 4.78 is 0. The van der Waals surface area contributed by atoms with E-state index in [2.05, 4.69) is 16.0 Å². The maximum absolute atomic E-state index is 12.6. The van der Waals surface area contributed by atoms with Gasteiger partial charge in [-0.3, -0.25) is 19.2 Å². The first-order valence-corrected chi connectivity index (χ1v) is 9.49. The van der Waals surface area contributed by atoms with Gasteiger partial charge in [-0.2, -0.15) is 0 Å². The summed E-state index contributed by atoms with van der Waals surface area (Å²) in [5.41, 5.74) is 10.7. The van der Waals surface area contributed by atoms with Gasteiger partial charge >= 0.3 is 5.97 Å². The number of hydrogen-bond donors (Lipinski definition) is 6. The fourth-order valence-corrected chi connectivity index (χ4v) is 2.43. The SMILES string of the molecule is CCC(C)C(NC(=O)C(CC(N)=O)NC(=O)C(NC(=O)C(C)N)C(C)C)C(=O)O. The van der Waals surface area contributed by atoms with Gasteiger partial charge in [-0.15, -0.1) is 0 Å². The minimum absolute atomic E-state index is 0.345. The maximum atomic E-state index is 12.6. The molecule has 5 unspecified atom stereocenters. The number of aliphatic carboxylic acids is 1. The maximum Gasteiger partial charge on any atom is 0.326 e. The van der Waals surface area contributed by atoms with Gasteiger partial charge in [0.1, 0.15) is 18.1 Å². The Morgan fingerprint density at radius 2 is 1.38 bits per heavy atom. The Kier molecular flexibility index (Phi) is 10.9. The Balaban J connectivity index is 5.46. The van der Waals surface area contributed by atoms with E-state index in [0.29, 0.717) is 6.42 Å². The van der Waals surface area contributed by atoms with Crippen molar-refractivity contribution >= 4 is 29.6 Å². The monoisotopic (exact) mass is 415 g/mol. The van der Waals surface area contributed by atoms with Crippen LogP contribution in [0.2, 0.25) is 0 Å². The van der Waals surface area contributed by atoms with Gasteiger partial charge in [-0.1, -0.05) is 34.1 Å². The van der Waals surface area contributed by atoms with Crippen molar-refractivity contribution in [2.75, 3.05) is 0 Å². The van der Waals surface area contributed by atoms with E-state index in [1.165, 1.54) is 6.92 Å². The molecule has 0 radical (unpaired) electrons. The molecule has 11 heteroatoms. The molecule has 0 fully saturated rings. The molecule has 0 saturated carbocycles. The van der Waals surface area contributed by atoms with Crippen molar-refractivity contribution in [3.8, 4) is 0 Å². The van der Waals surface area contributed by atoms with E-state index in [4.69, 9.17) is 11.5 Å². The molecule has 5 atom stereocenters. The van der Waals surface area contributed by atoms with Gasteiger partial charge in [0.2, 0.25) is 23.6 Å². The number of nitrogens with two attached hydrogens (primary N) is 2. The Labute approximate surface area is 170 Å². The number of carbonyl (C=O) groups excluding carboxylic acids is 4. The van der Waals surface area contributed by atoms with E-state index in [-0.39, 0.29) is 11.8 Å². The molecule has 0 spiro atoms. The lowest BCUT2D eigenvalue weighted by Gasteiger charge is -2.27. The number of carboxylic acid groups (broad SMARTS) is 1. The number of carbonyl (C=O) groups is 5. The van der Waals surface area contributed by atoms with Crippen LogP contribution in [0.1, 0.15) is 47.5 Å². The van der Waals surface area contributed by atoms with Crippen molar-refractivity contribution in [1.29, 1.82) is 0 Å². The Morgan fingerprint density at radius 1 is 0.862 bits per heavy atom. The predicted molar refractivity (Wildman–Crippen MR) is 105 cm³/mol. The van der Waals surface area contributed by atoms with E-state index in [9.17, 15) is 29.1 Å². The fraction of sp³-hybridized carbons (Fsp3) is 0.722. The van der Waals surface area contributed by atoms with Gasteiger partial charge in [-0.25, -0.2) is 4.79 Å². The van der Waals surface area contributed by atoms with Crippen LogP contribution in [0.4, 0.5) is 0 Å². The summed E-state index contributed by atoms with van der Waals surface area (Å²) in [6, 6.07) is -4.44. The van der Waals surface area contributed by atoms with Crippen molar-refractivity contribution < 1.29 is 29.1 Å². The van der Waals surface area contributed by atoms with Crippen molar-refractivity contribution in [2.45, 2.75) is 71.6 Å². The minimum Gasteiger partial charge on any atom is -0.480 e. The molecular formula is C18H33N5O6. The first kappa shape index (κ1) is 26.3. The fourth-order valence-electron chi connectivity index (χ4n) is 2.43. The van der Waals surface area contributed by atoms with Crippen LogP contribution in [0, 0.1) is 11.8 Å². The molecule has 8 N–H and O–H groups in total. The molecule has 29 heavy (non-hydrogen) atoms. The third-order valence-corrected chi connectivity index (χ3v) is 4.48. The zero-order valence-corrected chi connectivity index (χ0v) is 17.5. The first-order chi connectivity index (χ1) is 13.3. The number of primary amides is 1. The van der Waals surface area contributed by atoms with Crippen molar-refractivity contribution in [3.63, 3.8) is 0 Å². The van der Waals surface area contributed by atoms with E-state index >= 15 is 0 Å². The molecule has 0 aliphatic carbocycles. The highest BCUT2D eigenvalue weighted by Gasteiger charge is 2.33. The highest BCUT2D eigenvalue weighted by atomic mass is 16.4. The average Bonchev–Trinajstić information content (AvgIpc) is 2.61. The summed E-state index contributed by atoms with van der Waals surface area (Å²) in [5, 5.41) is 16.5. The Hall–Kier alpha value is -2.69. The third-order valence-electron chi connectivity index (χ3n) is 4.48. The number of rotatable bonds is 12. The standard InChI is InChI=1S/C18H33N5O6/c1-6-9(4)14(18(28)29)23-16(26)11(7-12(20)24)21-17(27)13(8(2)3)22-15(25)10(5)19/h8-11,13-14H,6-7,19H2,1-5H3,(H2,20,24)(H,21,27)(H,22,25)(H,23,26)(H,28,29). The average molecular weight is 415 g/mol. The lowest BCUT2D eigenvalue weighted by molar-refractivity contribution is -0.144. The zero-order chi connectivity index (χ0) is 22.9. The van der Waals surface area contributed by atoms with Crippen LogP contribution in [0.25, 0.3) is 0 Å². The molecule has 0 heterocycles. The number of nitrogens with one attached hydrogen (secondary N) is 3. The quantitative estimate of drug-likeness (QED) is 0.222. The number of amides is 4. The lowest BCUT2D eigenvalue weighted by atomic mass is 9.98. The number of carboxylic acids is 1. The van der Waals surface area contributed by atoms with Crippen LogP contribution >= 0.6 is 0 Å². The lowest BCUT2D eigenvalue weighted by Crippen LogP contribution is -2.59. The van der Waals surface area contributed by atoms with Crippen LogP contribution in [-0.2, 0) is 24.0 Å². The van der Waals surface area contributed by atoms with E-state index in [1.54, 1.807) is 27.7 Å². The summed E-state index contributed by atoms with van der Waals surface area (Å²) in [5.74, 6) is -4.95. The Morgan fingerprint density at radius 3 is 1.76 bits per heavy atom. The summed E-state index contributed by atoms with van der Waals surface area (Å²) in [4.78, 5) is 59.9. The first-order valence-electron chi connectivity index (χ1n) is 9.49. The van der Waals surface area contributed by atoms with Gasteiger partial charge in [0.25, 0.3) is 0 Å². The largest absolute Gasteiger partial charge is 0.480 e. The smallest absolute Gasteiger partial charge is 0.326 e. The molecule has 0 aromatic rings. The summed E-state index contributed by atoms with van der Waals surface area (Å²) >= 11 is 0. The topological polar surface area (TPSA) is 194 Å². The Bertz CT molecular complexity index is 622. The summed E-state index contributed by atoms with van der Waals surface area (Å²) in [7, 11) is 0. The predicted octanol–water partition coefficient (Wildman–Crippen LogP) is -1.55. The van der Waals surface area contributed by atoms with Crippen molar-refractivity contribution in [2.24, 2.45) is 23.3 Å². The van der Waals surface area contributed by atoms with Crippen LogP contribution in [-0.4, -0.2) is 58.9 Å². The van der Waals surface area contributed by atoms with Gasteiger partial charge in [-0.05, 0) is 18.8 Å². The van der Waals surface area contributed by atoms with Crippen LogP contribution in [0.5, 0.6) is 0 Å². The molecule has 166 valence electrons. The highest BCUT2D eigenvalue weighted by Crippen LogP contribution is 2.09. The second-order valence-electron chi connectivity index (χ2n) is 7.46. The molecule has 0 bridgehead atoms. The van der Waals surface area contributed by atoms with Crippen LogP contribution in [0.15, 0.2) is 0 Å².